The molecule has 0 saturated carbocycles. The predicted octanol–water partition coefficient (Wildman–Crippen LogP) is 3.93. The first kappa shape index (κ1) is 19.8. The number of ether oxygens (including phenoxy) is 1. The SMILES string of the molecule is Cc1cc(C)cc(N(CC#N)C(=O)Oc2cccc(NC(=O)N(C)C)c2)c1. The van der Waals surface area contributed by atoms with Crippen LogP contribution in [0.1, 0.15) is 11.1 Å². The zero-order valence-corrected chi connectivity index (χ0v) is 15.8. The van der Waals surface area contributed by atoms with Crippen LogP contribution in [0.3, 0.4) is 0 Å². The molecule has 0 bridgehead atoms. The molecule has 0 aliphatic carbocycles. The standard InChI is InChI=1S/C20H22N4O3/c1-14-10-15(2)12-17(11-14)24(9-8-21)20(26)27-18-7-5-6-16(13-18)22-19(25)23(3)4/h5-7,10-13H,9H2,1-4H3,(H,22,25). The first-order valence-electron chi connectivity index (χ1n) is 8.33. The van der Waals surface area contributed by atoms with Crippen LogP contribution < -0.4 is 15.0 Å². The molecule has 2 rings (SSSR count). The predicted molar refractivity (Wildman–Crippen MR) is 104 cm³/mol. The molecule has 0 atom stereocenters. The van der Waals surface area contributed by atoms with E-state index in [0.29, 0.717) is 11.4 Å². The molecule has 3 amide bonds. The van der Waals surface area contributed by atoms with Crippen molar-refractivity contribution in [3.8, 4) is 11.8 Å². The number of urea groups is 1. The Morgan fingerprint density at radius 1 is 1.11 bits per heavy atom. The smallest absolute Gasteiger partial charge is 0.410 e. The number of carbonyl (C=O) groups excluding carboxylic acids is 2. The number of nitriles is 1. The Morgan fingerprint density at radius 3 is 2.37 bits per heavy atom. The molecule has 1 N–H and O–H groups in total. The minimum atomic E-state index is -0.669. The van der Waals surface area contributed by atoms with E-state index in [0.717, 1.165) is 11.1 Å². The quantitative estimate of drug-likeness (QED) is 0.831. The van der Waals surface area contributed by atoms with Gasteiger partial charge in [-0.25, -0.2) is 9.59 Å². The van der Waals surface area contributed by atoms with Crippen LogP contribution in [0.25, 0.3) is 0 Å². The molecular formula is C20H22N4O3. The van der Waals surface area contributed by atoms with Crippen LogP contribution in [0.2, 0.25) is 0 Å². The third-order valence-electron chi connectivity index (χ3n) is 3.66. The summed E-state index contributed by atoms with van der Waals surface area (Å²) in [5.74, 6) is 0.267. The fraction of sp³-hybridized carbons (Fsp3) is 0.250. The van der Waals surface area contributed by atoms with Gasteiger partial charge in [-0.15, -0.1) is 0 Å². The highest BCUT2D eigenvalue weighted by molar-refractivity contribution is 5.91. The Labute approximate surface area is 158 Å². The first-order valence-corrected chi connectivity index (χ1v) is 8.33. The molecule has 0 saturated heterocycles. The molecule has 0 aliphatic rings. The number of hydrogen-bond donors (Lipinski definition) is 1. The number of aryl methyl sites for hydroxylation is 2. The van der Waals surface area contributed by atoms with E-state index in [-0.39, 0.29) is 18.3 Å². The Hall–Kier alpha value is -3.53. The van der Waals surface area contributed by atoms with E-state index in [1.54, 1.807) is 38.4 Å². The number of rotatable bonds is 4. The number of nitrogens with zero attached hydrogens (tertiary/aromatic N) is 3. The molecule has 2 aromatic rings. The first-order chi connectivity index (χ1) is 12.8. The van der Waals surface area contributed by atoms with E-state index in [1.807, 2.05) is 38.1 Å². The Morgan fingerprint density at radius 2 is 1.78 bits per heavy atom. The zero-order valence-electron chi connectivity index (χ0n) is 15.8. The van der Waals surface area contributed by atoms with Gasteiger partial charge in [0.05, 0.1) is 6.07 Å². The van der Waals surface area contributed by atoms with Crippen LogP contribution in [0.5, 0.6) is 5.75 Å². The summed E-state index contributed by atoms with van der Waals surface area (Å²) in [6.07, 6.45) is -0.669. The highest BCUT2D eigenvalue weighted by Crippen LogP contribution is 2.22. The second-order valence-electron chi connectivity index (χ2n) is 6.31. The van der Waals surface area contributed by atoms with Crippen molar-refractivity contribution in [1.29, 1.82) is 5.26 Å². The summed E-state index contributed by atoms with van der Waals surface area (Å²) >= 11 is 0. The van der Waals surface area contributed by atoms with Gasteiger partial charge >= 0.3 is 12.1 Å². The Kier molecular flexibility index (Phi) is 6.39. The Bertz CT molecular complexity index is 867. The van der Waals surface area contributed by atoms with E-state index >= 15 is 0 Å². The minimum Gasteiger partial charge on any atom is -0.410 e. The van der Waals surface area contributed by atoms with Gasteiger partial charge in [-0.2, -0.15) is 5.26 Å². The molecular weight excluding hydrogens is 344 g/mol. The van der Waals surface area contributed by atoms with E-state index in [2.05, 4.69) is 5.32 Å². The number of amides is 3. The lowest BCUT2D eigenvalue weighted by molar-refractivity contribution is 0.208. The lowest BCUT2D eigenvalue weighted by Gasteiger charge is -2.20. The zero-order chi connectivity index (χ0) is 20.0. The second-order valence-corrected chi connectivity index (χ2v) is 6.31. The molecule has 140 valence electrons. The molecule has 0 spiro atoms. The van der Waals surface area contributed by atoms with Crippen molar-refractivity contribution in [2.45, 2.75) is 13.8 Å². The molecule has 7 nitrogen and oxygen atoms in total. The number of carbonyl (C=O) groups is 2. The molecule has 0 unspecified atom stereocenters. The summed E-state index contributed by atoms with van der Waals surface area (Å²) in [5, 5.41) is 11.8. The Balaban J connectivity index is 2.20. The average Bonchev–Trinajstić information content (AvgIpc) is 2.58. The fourth-order valence-corrected chi connectivity index (χ4v) is 2.47. The third kappa shape index (κ3) is 5.47. The van der Waals surface area contributed by atoms with Crippen molar-refractivity contribution in [3.05, 3.63) is 53.6 Å². The minimum absolute atomic E-state index is 0.140. The third-order valence-corrected chi connectivity index (χ3v) is 3.66. The van der Waals surface area contributed by atoms with Gasteiger partial charge in [0.2, 0.25) is 0 Å². The largest absolute Gasteiger partial charge is 0.420 e. The number of benzene rings is 2. The topological polar surface area (TPSA) is 85.7 Å². The van der Waals surface area contributed by atoms with Crippen LogP contribution in [-0.4, -0.2) is 37.7 Å². The number of nitrogens with one attached hydrogen (secondary N) is 1. The number of hydrogen-bond acceptors (Lipinski definition) is 4. The van der Waals surface area contributed by atoms with Crippen molar-refractivity contribution in [2.75, 3.05) is 30.9 Å². The maximum atomic E-state index is 12.6. The van der Waals surface area contributed by atoms with Crippen LogP contribution in [0.15, 0.2) is 42.5 Å². The molecule has 0 aromatic heterocycles. The maximum Gasteiger partial charge on any atom is 0.420 e. The lowest BCUT2D eigenvalue weighted by atomic mass is 10.1. The van der Waals surface area contributed by atoms with Gasteiger partial charge < -0.3 is 15.0 Å². The van der Waals surface area contributed by atoms with Gasteiger partial charge in [0.1, 0.15) is 12.3 Å². The summed E-state index contributed by atoms with van der Waals surface area (Å²) < 4.78 is 5.42. The van der Waals surface area contributed by atoms with Crippen LogP contribution in [0.4, 0.5) is 21.0 Å². The monoisotopic (exact) mass is 366 g/mol. The normalized spacial score (nSPS) is 9.89. The van der Waals surface area contributed by atoms with E-state index in [1.165, 1.54) is 9.80 Å². The molecule has 0 aliphatic heterocycles. The summed E-state index contributed by atoms with van der Waals surface area (Å²) in [6, 6.07) is 13.8. The van der Waals surface area contributed by atoms with Crippen LogP contribution in [0, 0.1) is 25.2 Å². The maximum absolute atomic E-state index is 12.6. The van der Waals surface area contributed by atoms with Crippen molar-refractivity contribution >= 4 is 23.5 Å². The fourth-order valence-electron chi connectivity index (χ4n) is 2.47. The van der Waals surface area contributed by atoms with Gasteiger partial charge in [0.25, 0.3) is 0 Å². The molecule has 27 heavy (non-hydrogen) atoms. The van der Waals surface area contributed by atoms with Gasteiger partial charge in [-0.3, -0.25) is 4.90 Å². The molecule has 7 heteroatoms. The molecule has 0 heterocycles. The summed E-state index contributed by atoms with van der Waals surface area (Å²) in [6.45, 7) is 3.70. The molecule has 0 fully saturated rings. The highest BCUT2D eigenvalue weighted by atomic mass is 16.6. The van der Waals surface area contributed by atoms with Crippen molar-refractivity contribution < 1.29 is 14.3 Å². The highest BCUT2D eigenvalue weighted by Gasteiger charge is 2.19. The van der Waals surface area contributed by atoms with E-state index in [9.17, 15) is 9.59 Å². The second kappa shape index (κ2) is 8.72. The number of anilines is 2. The van der Waals surface area contributed by atoms with Crippen molar-refractivity contribution in [1.82, 2.24) is 4.90 Å². The van der Waals surface area contributed by atoms with Gasteiger partial charge in [-0.05, 0) is 49.2 Å². The van der Waals surface area contributed by atoms with Gasteiger partial charge in [0, 0.05) is 31.5 Å². The van der Waals surface area contributed by atoms with Crippen molar-refractivity contribution in [2.24, 2.45) is 0 Å². The molecule has 2 aromatic carbocycles. The van der Waals surface area contributed by atoms with Gasteiger partial charge in [-0.1, -0.05) is 12.1 Å². The summed E-state index contributed by atoms with van der Waals surface area (Å²) in [4.78, 5) is 27.0. The summed E-state index contributed by atoms with van der Waals surface area (Å²) in [5.41, 5.74) is 3.05. The van der Waals surface area contributed by atoms with Crippen LogP contribution >= 0.6 is 0 Å². The van der Waals surface area contributed by atoms with Crippen molar-refractivity contribution in [3.63, 3.8) is 0 Å². The van der Waals surface area contributed by atoms with Crippen LogP contribution in [-0.2, 0) is 0 Å². The van der Waals surface area contributed by atoms with E-state index < -0.39 is 6.09 Å². The average molecular weight is 366 g/mol. The van der Waals surface area contributed by atoms with E-state index in [4.69, 9.17) is 10.00 Å². The molecule has 0 radical (unpaired) electrons. The lowest BCUT2D eigenvalue weighted by Crippen LogP contribution is -2.34. The van der Waals surface area contributed by atoms with Gasteiger partial charge in [0.15, 0.2) is 0 Å². The summed E-state index contributed by atoms with van der Waals surface area (Å²) in [7, 11) is 3.26.